The van der Waals surface area contributed by atoms with Gasteiger partial charge in [-0.05, 0) is 24.1 Å². The Labute approximate surface area is 147 Å². The standard InChI is InChI=1S/C18H17F3N4O/c19-18(20,21)17-24-14-7-4-10-23-16(14)25(17)12-11-22-15(26)9-8-13-5-2-1-3-6-13/h1-7,10H,8-9,11-12H2,(H,22,26). The lowest BCUT2D eigenvalue weighted by Crippen LogP contribution is -2.28. The summed E-state index contributed by atoms with van der Waals surface area (Å²) in [6.07, 6.45) is -2.31. The molecule has 0 atom stereocenters. The van der Waals surface area contributed by atoms with Gasteiger partial charge in [0, 0.05) is 25.7 Å². The molecule has 2 aromatic heterocycles. The minimum Gasteiger partial charge on any atom is -0.354 e. The number of pyridine rings is 1. The number of rotatable bonds is 6. The Morgan fingerprint density at radius 3 is 2.62 bits per heavy atom. The molecule has 8 heteroatoms. The second-order valence-electron chi connectivity index (χ2n) is 5.77. The fraction of sp³-hybridized carbons (Fsp3) is 0.278. The molecule has 0 radical (unpaired) electrons. The second kappa shape index (κ2) is 7.55. The van der Waals surface area contributed by atoms with E-state index in [2.05, 4.69) is 15.3 Å². The average molecular weight is 362 g/mol. The molecule has 0 bridgehead atoms. The molecular formula is C18H17F3N4O. The normalized spacial score (nSPS) is 11.7. The van der Waals surface area contributed by atoms with E-state index in [9.17, 15) is 18.0 Å². The zero-order valence-corrected chi connectivity index (χ0v) is 13.8. The predicted molar refractivity (Wildman–Crippen MR) is 90.3 cm³/mol. The lowest BCUT2D eigenvalue weighted by atomic mass is 10.1. The molecule has 3 rings (SSSR count). The Hall–Kier alpha value is -2.90. The van der Waals surface area contributed by atoms with Crippen LogP contribution in [-0.2, 0) is 23.9 Å². The molecule has 3 aromatic rings. The van der Waals surface area contributed by atoms with Crippen LogP contribution in [0.25, 0.3) is 11.2 Å². The highest BCUT2D eigenvalue weighted by Crippen LogP contribution is 2.30. The van der Waals surface area contributed by atoms with Gasteiger partial charge in [0.15, 0.2) is 5.65 Å². The van der Waals surface area contributed by atoms with Crippen LogP contribution >= 0.6 is 0 Å². The molecule has 2 heterocycles. The number of amides is 1. The van der Waals surface area contributed by atoms with Crippen LogP contribution in [0.1, 0.15) is 17.8 Å². The summed E-state index contributed by atoms with van der Waals surface area (Å²) in [6, 6.07) is 12.5. The number of carbonyl (C=O) groups excluding carboxylic acids is 1. The van der Waals surface area contributed by atoms with E-state index in [-0.39, 0.29) is 36.6 Å². The van der Waals surface area contributed by atoms with Gasteiger partial charge in [0.2, 0.25) is 11.7 Å². The van der Waals surface area contributed by atoms with E-state index >= 15 is 0 Å². The molecule has 136 valence electrons. The first-order valence-electron chi connectivity index (χ1n) is 8.14. The average Bonchev–Trinajstić information content (AvgIpc) is 3.00. The van der Waals surface area contributed by atoms with Crippen molar-refractivity contribution in [1.29, 1.82) is 0 Å². The SMILES string of the molecule is O=C(CCc1ccccc1)NCCn1c(C(F)(F)F)nc2cccnc21. The number of imidazole rings is 1. The number of aryl methyl sites for hydroxylation is 1. The van der Waals surface area contributed by atoms with Crippen molar-refractivity contribution in [1.82, 2.24) is 19.9 Å². The van der Waals surface area contributed by atoms with Crippen molar-refractivity contribution in [3.63, 3.8) is 0 Å². The smallest absolute Gasteiger partial charge is 0.354 e. The van der Waals surface area contributed by atoms with Gasteiger partial charge in [-0.25, -0.2) is 9.97 Å². The lowest BCUT2D eigenvalue weighted by molar-refractivity contribution is -0.146. The first kappa shape index (κ1) is 17.9. The zero-order valence-electron chi connectivity index (χ0n) is 13.8. The van der Waals surface area contributed by atoms with E-state index < -0.39 is 12.0 Å². The number of nitrogens with one attached hydrogen (secondary N) is 1. The van der Waals surface area contributed by atoms with Crippen molar-refractivity contribution >= 4 is 17.1 Å². The van der Waals surface area contributed by atoms with Crippen LogP contribution in [0.2, 0.25) is 0 Å². The quantitative estimate of drug-likeness (QED) is 0.733. The number of aromatic nitrogens is 3. The number of hydrogen-bond acceptors (Lipinski definition) is 3. The number of carbonyl (C=O) groups is 1. The van der Waals surface area contributed by atoms with Crippen LogP contribution in [-0.4, -0.2) is 27.0 Å². The summed E-state index contributed by atoms with van der Waals surface area (Å²) in [5.74, 6) is -1.22. The fourth-order valence-corrected chi connectivity index (χ4v) is 2.68. The highest BCUT2D eigenvalue weighted by Gasteiger charge is 2.37. The number of alkyl halides is 3. The van der Waals surface area contributed by atoms with Gasteiger partial charge < -0.3 is 9.88 Å². The third kappa shape index (κ3) is 4.19. The Morgan fingerprint density at radius 1 is 1.12 bits per heavy atom. The monoisotopic (exact) mass is 362 g/mol. The molecule has 0 spiro atoms. The maximum Gasteiger partial charge on any atom is 0.449 e. The van der Waals surface area contributed by atoms with E-state index in [1.807, 2.05) is 30.3 Å². The van der Waals surface area contributed by atoms with Crippen LogP contribution < -0.4 is 5.32 Å². The second-order valence-corrected chi connectivity index (χ2v) is 5.77. The maximum absolute atomic E-state index is 13.2. The summed E-state index contributed by atoms with van der Waals surface area (Å²) in [5, 5.41) is 2.65. The Balaban J connectivity index is 1.62. The van der Waals surface area contributed by atoms with Crippen molar-refractivity contribution in [2.45, 2.75) is 25.6 Å². The molecule has 0 fully saturated rings. The summed E-state index contributed by atoms with van der Waals surface area (Å²) in [7, 11) is 0. The summed E-state index contributed by atoms with van der Waals surface area (Å²) in [5.41, 5.74) is 1.36. The molecule has 1 amide bonds. The lowest BCUT2D eigenvalue weighted by Gasteiger charge is -2.11. The zero-order chi connectivity index (χ0) is 18.6. The van der Waals surface area contributed by atoms with E-state index in [1.165, 1.54) is 18.3 Å². The summed E-state index contributed by atoms with van der Waals surface area (Å²) >= 11 is 0. The summed E-state index contributed by atoms with van der Waals surface area (Å²) in [6.45, 7) is 0.0121. The van der Waals surface area contributed by atoms with E-state index in [4.69, 9.17) is 0 Å². The minimum absolute atomic E-state index is 0.0561. The minimum atomic E-state index is -4.59. The maximum atomic E-state index is 13.2. The molecule has 5 nitrogen and oxygen atoms in total. The molecule has 0 aliphatic heterocycles. The van der Waals surface area contributed by atoms with Crippen LogP contribution in [0.15, 0.2) is 48.7 Å². The van der Waals surface area contributed by atoms with Crippen molar-refractivity contribution < 1.29 is 18.0 Å². The molecule has 0 aliphatic carbocycles. The molecule has 1 N–H and O–H groups in total. The number of hydrogen-bond donors (Lipinski definition) is 1. The Bertz CT molecular complexity index is 890. The number of fused-ring (bicyclic) bond motifs is 1. The molecule has 1 aromatic carbocycles. The summed E-state index contributed by atoms with van der Waals surface area (Å²) in [4.78, 5) is 19.5. The van der Waals surface area contributed by atoms with Crippen molar-refractivity contribution in [2.75, 3.05) is 6.54 Å². The van der Waals surface area contributed by atoms with E-state index in [1.54, 1.807) is 0 Å². The predicted octanol–water partition coefficient (Wildman–Crippen LogP) is 3.20. The van der Waals surface area contributed by atoms with Gasteiger partial charge in [-0.2, -0.15) is 13.2 Å². The van der Waals surface area contributed by atoms with Gasteiger partial charge in [-0.1, -0.05) is 30.3 Å². The van der Waals surface area contributed by atoms with Gasteiger partial charge in [0.05, 0.1) is 0 Å². The van der Waals surface area contributed by atoms with E-state index in [0.29, 0.717) is 6.42 Å². The summed E-state index contributed by atoms with van der Waals surface area (Å²) < 4.78 is 40.5. The topological polar surface area (TPSA) is 59.8 Å². The van der Waals surface area contributed by atoms with Gasteiger partial charge in [-0.3, -0.25) is 4.79 Å². The highest BCUT2D eigenvalue weighted by atomic mass is 19.4. The van der Waals surface area contributed by atoms with Crippen molar-refractivity contribution in [3.8, 4) is 0 Å². The Morgan fingerprint density at radius 2 is 1.88 bits per heavy atom. The third-order valence-corrected chi connectivity index (χ3v) is 3.90. The van der Waals surface area contributed by atoms with E-state index in [0.717, 1.165) is 10.1 Å². The van der Waals surface area contributed by atoms with Crippen LogP contribution in [0, 0.1) is 0 Å². The molecule has 0 unspecified atom stereocenters. The number of nitrogens with zero attached hydrogens (tertiary/aromatic N) is 3. The van der Waals surface area contributed by atoms with Crippen LogP contribution in [0.4, 0.5) is 13.2 Å². The van der Waals surface area contributed by atoms with Gasteiger partial charge in [0.1, 0.15) is 5.52 Å². The number of benzene rings is 1. The van der Waals surface area contributed by atoms with Gasteiger partial charge >= 0.3 is 6.18 Å². The van der Waals surface area contributed by atoms with Crippen LogP contribution in [0.5, 0.6) is 0 Å². The Kier molecular flexibility index (Phi) is 5.20. The molecule has 0 saturated heterocycles. The first-order valence-corrected chi connectivity index (χ1v) is 8.14. The molecule has 0 saturated carbocycles. The van der Waals surface area contributed by atoms with Crippen LogP contribution in [0.3, 0.4) is 0 Å². The highest BCUT2D eigenvalue weighted by molar-refractivity contribution is 5.76. The number of halogens is 3. The molecule has 0 aliphatic rings. The first-order chi connectivity index (χ1) is 12.4. The fourth-order valence-electron chi connectivity index (χ4n) is 2.68. The van der Waals surface area contributed by atoms with Crippen molar-refractivity contribution in [2.24, 2.45) is 0 Å². The van der Waals surface area contributed by atoms with Gasteiger partial charge in [0.25, 0.3) is 0 Å². The van der Waals surface area contributed by atoms with Crippen molar-refractivity contribution in [3.05, 3.63) is 60.0 Å². The van der Waals surface area contributed by atoms with Gasteiger partial charge in [-0.15, -0.1) is 0 Å². The largest absolute Gasteiger partial charge is 0.449 e. The molecular weight excluding hydrogens is 345 g/mol. The third-order valence-electron chi connectivity index (χ3n) is 3.90. The molecule has 26 heavy (non-hydrogen) atoms.